The van der Waals surface area contributed by atoms with Crippen LogP contribution in [0.25, 0.3) is 11.1 Å². The quantitative estimate of drug-likeness (QED) is 0.244. The summed E-state index contributed by atoms with van der Waals surface area (Å²) in [5.41, 5.74) is 6.50. The van der Waals surface area contributed by atoms with Crippen LogP contribution in [0.15, 0.2) is 71.7 Å². The highest BCUT2D eigenvalue weighted by Gasteiger charge is 2.26. The van der Waals surface area contributed by atoms with Crippen LogP contribution < -0.4 is 0 Å². The zero-order valence-corrected chi connectivity index (χ0v) is 14.7. The van der Waals surface area contributed by atoms with Crippen LogP contribution in [0.1, 0.15) is 21.5 Å². The number of fused-ring (bicyclic) bond motifs is 3. The van der Waals surface area contributed by atoms with Crippen LogP contribution in [0.5, 0.6) is 0 Å². The van der Waals surface area contributed by atoms with Gasteiger partial charge in [0.1, 0.15) is 0 Å². The molecule has 0 fully saturated rings. The Morgan fingerprint density at radius 3 is 2.60 bits per heavy atom. The van der Waals surface area contributed by atoms with Crippen molar-refractivity contribution in [1.82, 2.24) is 0 Å². The van der Waals surface area contributed by atoms with Gasteiger partial charge in [-0.25, -0.2) is 0 Å². The molecule has 0 heterocycles. The summed E-state index contributed by atoms with van der Waals surface area (Å²) in [6.45, 7) is 0. The molecule has 0 aromatic heterocycles. The van der Waals surface area contributed by atoms with Crippen molar-refractivity contribution in [3.05, 3.63) is 93.5 Å². The van der Waals surface area contributed by atoms with Gasteiger partial charge in [-0.3, -0.25) is 15.1 Å². The molecule has 0 saturated carbocycles. The minimum Gasteiger partial charge on any atom is -0.258 e. The third-order valence-electron chi connectivity index (χ3n) is 4.28. The van der Waals surface area contributed by atoms with Crippen LogP contribution in [0, 0.1) is 10.1 Å². The summed E-state index contributed by atoms with van der Waals surface area (Å²) in [6, 6.07) is 20.9. The average Bonchev–Trinajstić information content (AvgIpc) is 2.93. The average molecular weight is 393 g/mol. The van der Waals surface area contributed by atoms with Crippen molar-refractivity contribution in [2.45, 2.75) is 4.83 Å². The fourth-order valence-electron chi connectivity index (χ4n) is 3.08. The third kappa shape index (κ3) is 2.87. The van der Waals surface area contributed by atoms with E-state index in [-0.39, 0.29) is 10.5 Å². The van der Waals surface area contributed by atoms with Gasteiger partial charge in [-0.15, -0.1) is 0 Å². The smallest absolute Gasteiger partial charge is 0.258 e. The summed E-state index contributed by atoms with van der Waals surface area (Å²) in [4.78, 5) is 15.1. The van der Waals surface area contributed by atoms with Gasteiger partial charge in [-0.1, -0.05) is 58.4 Å². The highest BCUT2D eigenvalue weighted by atomic mass is 79.9. The minimum atomic E-state index is -0.403. The zero-order valence-electron chi connectivity index (χ0n) is 13.1. The van der Waals surface area contributed by atoms with Gasteiger partial charge >= 0.3 is 0 Å². The van der Waals surface area contributed by atoms with E-state index in [1.54, 1.807) is 18.3 Å². The van der Waals surface area contributed by atoms with E-state index in [0.29, 0.717) is 5.56 Å². The van der Waals surface area contributed by atoms with E-state index in [1.165, 1.54) is 34.4 Å². The summed E-state index contributed by atoms with van der Waals surface area (Å²) in [6.07, 6.45) is 1.65. The Balaban J connectivity index is 1.66. The fraction of sp³-hybridized carbons (Fsp3) is 0.0500. The molecule has 3 aromatic carbocycles. The van der Waals surface area contributed by atoms with E-state index in [9.17, 15) is 10.1 Å². The number of hydrogen-bond donors (Lipinski definition) is 0. The molecule has 1 aliphatic carbocycles. The van der Waals surface area contributed by atoms with Crippen LogP contribution in [0.4, 0.5) is 11.4 Å². The van der Waals surface area contributed by atoms with E-state index in [1.807, 2.05) is 18.2 Å². The third-order valence-corrected chi connectivity index (χ3v) is 5.26. The maximum absolute atomic E-state index is 10.9. The molecule has 0 radical (unpaired) electrons. The van der Waals surface area contributed by atoms with Gasteiger partial charge in [-0.05, 0) is 39.9 Å². The monoisotopic (exact) mass is 392 g/mol. The Morgan fingerprint density at radius 1 is 0.960 bits per heavy atom. The highest BCUT2D eigenvalue weighted by Crippen LogP contribution is 2.48. The summed E-state index contributed by atoms with van der Waals surface area (Å²) >= 11 is 3.76. The number of halogens is 1. The molecule has 0 spiro atoms. The molecule has 122 valence electrons. The lowest BCUT2D eigenvalue weighted by Crippen LogP contribution is -1.89. The normalized spacial score (nSPS) is 15.2. The number of hydrogen-bond acceptors (Lipinski definition) is 3. The number of rotatable bonds is 3. The maximum atomic E-state index is 10.9. The predicted molar refractivity (Wildman–Crippen MR) is 103 cm³/mol. The lowest BCUT2D eigenvalue weighted by Gasteiger charge is -2.05. The van der Waals surface area contributed by atoms with Gasteiger partial charge in [0.15, 0.2) is 0 Å². The van der Waals surface area contributed by atoms with E-state index < -0.39 is 4.92 Å². The molecular formula is C20H13BrN2O2. The summed E-state index contributed by atoms with van der Waals surface area (Å²) < 4.78 is 0. The van der Waals surface area contributed by atoms with Gasteiger partial charge < -0.3 is 0 Å². The van der Waals surface area contributed by atoms with Crippen molar-refractivity contribution in [2.24, 2.45) is 4.99 Å². The molecule has 4 rings (SSSR count). The molecule has 0 saturated heterocycles. The molecule has 25 heavy (non-hydrogen) atoms. The van der Waals surface area contributed by atoms with Crippen molar-refractivity contribution >= 4 is 33.5 Å². The number of non-ortho nitro benzene ring substituents is 1. The van der Waals surface area contributed by atoms with Crippen LogP contribution >= 0.6 is 15.9 Å². The Hall–Kier alpha value is -2.79. The summed E-state index contributed by atoms with van der Waals surface area (Å²) in [5, 5.41) is 10.9. The van der Waals surface area contributed by atoms with Crippen molar-refractivity contribution in [3.8, 4) is 11.1 Å². The lowest BCUT2D eigenvalue weighted by molar-refractivity contribution is -0.384. The van der Waals surface area contributed by atoms with E-state index in [2.05, 4.69) is 45.2 Å². The molecule has 0 N–H and O–H groups in total. The number of nitro groups is 1. The van der Waals surface area contributed by atoms with E-state index >= 15 is 0 Å². The van der Waals surface area contributed by atoms with Crippen LogP contribution in [0.2, 0.25) is 0 Å². The van der Waals surface area contributed by atoms with E-state index in [4.69, 9.17) is 0 Å². The Labute approximate surface area is 153 Å². The Kier molecular flexibility index (Phi) is 3.93. The number of aliphatic imine (C=N–C) groups is 1. The molecule has 0 bridgehead atoms. The van der Waals surface area contributed by atoms with E-state index in [0.717, 1.165) is 5.69 Å². The van der Waals surface area contributed by atoms with Gasteiger partial charge in [-0.2, -0.15) is 0 Å². The molecule has 0 unspecified atom stereocenters. The number of alkyl halides is 1. The molecule has 5 heteroatoms. The second-order valence-electron chi connectivity index (χ2n) is 5.83. The van der Waals surface area contributed by atoms with Crippen molar-refractivity contribution < 1.29 is 4.92 Å². The first-order valence-corrected chi connectivity index (χ1v) is 8.71. The molecule has 0 aliphatic heterocycles. The van der Waals surface area contributed by atoms with Gasteiger partial charge in [0, 0.05) is 18.3 Å². The Bertz CT molecular complexity index is 1010. The first-order valence-electron chi connectivity index (χ1n) is 7.79. The van der Waals surface area contributed by atoms with Crippen molar-refractivity contribution in [2.75, 3.05) is 0 Å². The standard InChI is InChI=1S/C20H13BrN2O2/c21-20-18-7-2-1-6-16(18)17-9-8-14(11-19(17)20)22-12-13-4-3-5-15(10-13)23(24)25/h1-12,20H/t20-/m0/s1. The number of nitro benzene ring substituents is 1. The molecule has 1 atom stereocenters. The lowest BCUT2D eigenvalue weighted by atomic mass is 10.1. The highest BCUT2D eigenvalue weighted by molar-refractivity contribution is 9.09. The van der Waals surface area contributed by atoms with Gasteiger partial charge in [0.05, 0.1) is 15.4 Å². The van der Waals surface area contributed by atoms with Crippen LogP contribution in [-0.4, -0.2) is 11.1 Å². The second-order valence-corrected chi connectivity index (χ2v) is 6.75. The molecule has 4 nitrogen and oxygen atoms in total. The topological polar surface area (TPSA) is 55.5 Å². The molecule has 1 aliphatic rings. The van der Waals surface area contributed by atoms with Gasteiger partial charge in [0.2, 0.25) is 0 Å². The molecular weight excluding hydrogens is 380 g/mol. The SMILES string of the molecule is O=[N+]([O-])c1cccc(C=Nc2ccc3c(c2)[C@@H](Br)c2ccccc2-3)c1. The first-order chi connectivity index (χ1) is 12.1. The van der Waals surface area contributed by atoms with Crippen LogP contribution in [-0.2, 0) is 0 Å². The summed E-state index contributed by atoms with van der Waals surface area (Å²) in [7, 11) is 0. The van der Waals surface area contributed by atoms with Crippen LogP contribution in [0.3, 0.4) is 0 Å². The maximum Gasteiger partial charge on any atom is 0.270 e. The predicted octanol–water partition coefficient (Wildman–Crippen LogP) is 5.81. The fourth-order valence-corrected chi connectivity index (χ4v) is 3.86. The summed E-state index contributed by atoms with van der Waals surface area (Å²) in [5.74, 6) is 0. The molecule has 3 aromatic rings. The van der Waals surface area contributed by atoms with Gasteiger partial charge in [0.25, 0.3) is 5.69 Å². The minimum absolute atomic E-state index is 0.0638. The number of benzene rings is 3. The number of nitrogens with zero attached hydrogens (tertiary/aromatic N) is 2. The second kappa shape index (κ2) is 6.26. The largest absolute Gasteiger partial charge is 0.270 e. The zero-order chi connectivity index (χ0) is 17.4. The molecule has 0 amide bonds. The Morgan fingerprint density at radius 2 is 1.76 bits per heavy atom. The first kappa shape index (κ1) is 15.7. The van der Waals surface area contributed by atoms with Crippen molar-refractivity contribution in [3.63, 3.8) is 0 Å². The van der Waals surface area contributed by atoms with Crippen molar-refractivity contribution in [1.29, 1.82) is 0 Å².